The van der Waals surface area contributed by atoms with Crippen LogP contribution in [0.3, 0.4) is 0 Å². The summed E-state index contributed by atoms with van der Waals surface area (Å²) in [5.41, 5.74) is 5.50. The van der Waals surface area contributed by atoms with Crippen LogP contribution in [0.1, 0.15) is 83.6 Å². The molecule has 3 heterocycles. The summed E-state index contributed by atoms with van der Waals surface area (Å²) in [7, 11) is 1.59. The maximum atomic E-state index is 14.4. The lowest BCUT2D eigenvalue weighted by Gasteiger charge is -2.35. The first-order valence-electron chi connectivity index (χ1n) is 16.6. The fraction of sp³-hybridized carbons (Fsp3) is 0.432. The van der Waals surface area contributed by atoms with Gasteiger partial charge in [0.25, 0.3) is 17.4 Å². The Balaban J connectivity index is 1.33. The Kier molecular flexibility index (Phi) is 9.35. The summed E-state index contributed by atoms with van der Waals surface area (Å²) in [6.07, 6.45) is 5.34. The summed E-state index contributed by atoms with van der Waals surface area (Å²) >= 11 is 3.52. The number of nitrogens with zero attached hydrogens (tertiary/aromatic N) is 5. The van der Waals surface area contributed by atoms with Gasteiger partial charge >= 0.3 is 5.97 Å². The molecule has 1 fully saturated rings. The van der Waals surface area contributed by atoms with Crippen LogP contribution >= 0.6 is 15.9 Å². The van der Waals surface area contributed by atoms with Gasteiger partial charge in [-0.1, -0.05) is 36.7 Å². The lowest BCUT2D eigenvalue weighted by Crippen LogP contribution is -2.46. The second-order valence-electron chi connectivity index (χ2n) is 13.7. The molecule has 0 N–H and O–H groups in total. The minimum absolute atomic E-state index is 0.0825. The Hall–Kier alpha value is -4.25. The van der Waals surface area contributed by atoms with Gasteiger partial charge in [-0.25, -0.2) is 4.52 Å². The Morgan fingerprint density at radius 3 is 2.40 bits per heavy atom. The molecule has 2 aromatic heterocycles. The zero-order valence-electron chi connectivity index (χ0n) is 28.3. The van der Waals surface area contributed by atoms with Crippen LogP contribution in [0.4, 0.5) is 0 Å². The standard InChI is InChI=1S/C37H42BrN5O5/c1-21(2)24(5)37(47)48-20-40(6)34(44)26-9-12-29(13-10-26)42-33-28(17-25-7-8-25)18-39-43(33)32-19-41(23(4)16-30(32)36(42)46)35(45)27-11-14-31(38)22(3)15-27/h9-15,18,21,23-25H,7-8,16-17,19-20H2,1-6H3/t23-,24+/m1/s1. The van der Waals surface area contributed by atoms with Crippen molar-refractivity contribution < 1.29 is 19.1 Å². The minimum Gasteiger partial charge on any atom is -0.444 e. The zero-order chi connectivity index (χ0) is 34.4. The third-order valence-electron chi connectivity index (χ3n) is 9.81. The predicted molar refractivity (Wildman–Crippen MR) is 186 cm³/mol. The van der Waals surface area contributed by atoms with Crippen molar-refractivity contribution in [1.29, 1.82) is 0 Å². The molecule has 11 heteroatoms. The van der Waals surface area contributed by atoms with E-state index in [0.717, 1.165) is 40.6 Å². The van der Waals surface area contributed by atoms with Crippen molar-refractivity contribution >= 4 is 39.4 Å². The number of carbonyl (C=O) groups excluding carboxylic acids is 3. The van der Waals surface area contributed by atoms with Gasteiger partial charge in [0.05, 0.1) is 30.0 Å². The Bertz CT molecular complexity index is 1960. The van der Waals surface area contributed by atoms with Crippen LogP contribution in [0, 0.1) is 24.7 Å². The Morgan fingerprint density at radius 1 is 1.06 bits per heavy atom. The number of halogens is 1. The van der Waals surface area contributed by atoms with E-state index >= 15 is 0 Å². The van der Waals surface area contributed by atoms with Crippen molar-refractivity contribution in [2.45, 2.75) is 72.9 Å². The molecule has 2 aliphatic rings. The van der Waals surface area contributed by atoms with Crippen LogP contribution in [0.15, 0.2) is 57.9 Å². The summed E-state index contributed by atoms with van der Waals surface area (Å²) < 4.78 is 9.86. The van der Waals surface area contributed by atoms with E-state index in [2.05, 4.69) is 15.9 Å². The number of benzene rings is 2. The molecule has 252 valence electrons. The van der Waals surface area contributed by atoms with E-state index in [1.165, 1.54) is 4.90 Å². The van der Waals surface area contributed by atoms with Crippen LogP contribution in [0.5, 0.6) is 0 Å². The number of rotatable bonds is 9. The van der Waals surface area contributed by atoms with Crippen molar-refractivity contribution in [3.05, 3.63) is 97.0 Å². The molecule has 2 aromatic carbocycles. The molecule has 0 bridgehead atoms. The molecular weight excluding hydrogens is 674 g/mol. The first kappa shape index (κ1) is 33.6. The van der Waals surface area contributed by atoms with Gasteiger partial charge in [-0.15, -0.1) is 0 Å². The third-order valence-corrected chi connectivity index (χ3v) is 10.7. The Morgan fingerprint density at radius 2 is 1.75 bits per heavy atom. The number of carbonyl (C=O) groups is 3. The molecule has 6 rings (SSSR count). The number of hydrogen-bond donors (Lipinski definition) is 0. The SMILES string of the molecule is Cc1cc(C(=O)N2Cc3c(c(=O)n(-c4ccc(C(=O)N(C)COC(=O)[C@@H](C)C(C)C)cc4)c4c(CC5CC5)cnn34)C[C@H]2C)ccc1Br. The molecular formula is C37H42BrN5O5. The molecule has 2 atom stereocenters. The first-order chi connectivity index (χ1) is 22.8. The summed E-state index contributed by atoms with van der Waals surface area (Å²) in [5, 5.41) is 4.79. The monoisotopic (exact) mass is 715 g/mol. The molecule has 10 nitrogen and oxygen atoms in total. The number of amides is 2. The molecule has 1 aliphatic carbocycles. The van der Waals surface area contributed by atoms with Crippen LogP contribution in [-0.2, 0) is 28.9 Å². The lowest BCUT2D eigenvalue weighted by atomic mass is 9.98. The van der Waals surface area contributed by atoms with Crippen molar-refractivity contribution in [1.82, 2.24) is 24.0 Å². The van der Waals surface area contributed by atoms with E-state index in [1.807, 2.05) is 68.4 Å². The van der Waals surface area contributed by atoms with Gasteiger partial charge in [0, 0.05) is 39.8 Å². The normalized spacial score (nSPS) is 16.6. The first-order valence-corrected chi connectivity index (χ1v) is 17.4. The molecule has 1 aliphatic heterocycles. The second kappa shape index (κ2) is 13.3. The van der Waals surface area contributed by atoms with Gasteiger partial charge in [0.15, 0.2) is 6.73 Å². The third kappa shape index (κ3) is 6.44. The van der Waals surface area contributed by atoms with Crippen molar-refractivity contribution in [2.24, 2.45) is 17.8 Å². The van der Waals surface area contributed by atoms with E-state index in [0.29, 0.717) is 40.4 Å². The van der Waals surface area contributed by atoms with E-state index in [1.54, 1.807) is 35.9 Å². The lowest BCUT2D eigenvalue weighted by molar-refractivity contribution is -0.152. The van der Waals surface area contributed by atoms with Crippen LogP contribution < -0.4 is 5.56 Å². The molecule has 4 aromatic rings. The maximum absolute atomic E-state index is 14.4. The topological polar surface area (TPSA) is 106 Å². The summed E-state index contributed by atoms with van der Waals surface area (Å²) in [5.74, 6) is -0.298. The molecule has 0 unspecified atom stereocenters. The quantitative estimate of drug-likeness (QED) is 0.156. The second-order valence-corrected chi connectivity index (χ2v) is 14.6. The van der Waals surface area contributed by atoms with Gasteiger partial charge in [-0.05, 0) is 99.4 Å². The molecule has 0 radical (unpaired) electrons. The van der Waals surface area contributed by atoms with Crippen molar-refractivity contribution in [3.8, 4) is 5.69 Å². The van der Waals surface area contributed by atoms with Gasteiger partial charge < -0.3 is 14.5 Å². The number of aromatic nitrogens is 3. The van der Waals surface area contributed by atoms with Crippen LogP contribution in [0.25, 0.3) is 11.3 Å². The fourth-order valence-electron chi connectivity index (χ4n) is 6.21. The highest BCUT2D eigenvalue weighted by atomic mass is 79.9. The average Bonchev–Trinajstić information content (AvgIpc) is 3.81. The van der Waals surface area contributed by atoms with Gasteiger partial charge in [-0.2, -0.15) is 5.10 Å². The smallest absolute Gasteiger partial charge is 0.310 e. The average molecular weight is 717 g/mol. The molecule has 48 heavy (non-hydrogen) atoms. The fourth-order valence-corrected chi connectivity index (χ4v) is 6.46. The number of esters is 1. The number of ether oxygens (including phenoxy) is 1. The van der Waals surface area contributed by atoms with Crippen LogP contribution in [-0.4, -0.2) is 61.6 Å². The van der Waals surface area contributed by atoms with Gasteiger partial charge in [0.1, 0.15) is 5.65 Å². The molecule has 0 spiro atoms. The number of fused-ring (bicyclic) bond motifs is 3. The van der Waals surface area contributed by atoms with E-state index in [9.17, 15) is 19.2 Å². The van der Waals surface area contributed by atoms with E-state index < -0.39 is 0 Å². The van der Waals surface area contributed by atoms with E-state index in [4.69, 9.17) is 9.84 Å². The molecule has 0 saturated heterocycles. The summed E-state index contributed by atoms with van der Waals surface area (Å²) in [6.45, 7) is 9.75. The summed E-state index contributed by atoms with van der Waals surface area (Å²) in [4.78, 5) is 56.9. The van der Waals surface area contributed by atoms with Gasteiger partial charge in [0.2, 0.25) is 0 Å². The number of hydrogen-bond acceptors (Lipinski definition) is 6. The highest BCUT2D eigenvalue weighted by Crippen LogP contribution is 2.35. The van der Waals surface area contributed by atoms with Crippen LogP contribution in [0.2, 0.25) is 0 Å². The molecule has 1 saturated carbocycles. The zero-order valence-corrected chi connectivity index (χ0v) is 29.9. The maximum Gasteiger partial charge on any atom is 0.310 e. The minimum atomic E-state index is -0.344. The highest BCUT2D eigenvalue weighted by Gasteiger charge is 2.34. The largest absolute Gasteiger partial charge is 0.444 e. The van der Waals surface area contributed by atoms with Crippen molar-refractivity contribution in [2.75, 3.05) is 13.8 Å². The number of aryl methyl sites for hydroxylation is 1. The predicted octanol–water partition coefficient (Wildman–Crippen LogP) is 5.96. The van der Waals surface area contributed by atoms with Gasteiger partial charge in [-0.3, -0.25) is 23.7 Å². The highest BCUT2D eigenvalue weighted by molar-refractivity contribution is 9.10. The molecule has 2 amide bonds. The summed E-state index contributed by atoms with van der Waals surface area (Å²) in [6, 6.07) is 12.3. The van der Waals surface area contributed by atoms with E-state index in [-0.39, 0.29) is 54.5 Å². The Labute approximate surface area is 288 Å². The van der Waals surface area contributed by atoms with Crippen molar-refractivity contribution in [3.63, 3.8) is 0 Å².